The van der Waals surface area contributed by atoms with Crippen LogP contribution in [0.5, 0.6) is 0 Å². The average Bonchev–Trinajstić information content (AvgIpc) is 3.09. The number of imide groups is 1. The molecule has 1 atom stereocenters. The van der Waals surface area contributed by atoms with Gasteiger partial charge in [-0.15, -0.1) is 0 Å². The highest BCUT2D eigenvalue weighted by Crippen LogP contribution is 2.33. The van der Waals surface area contributed by atoms with Gasteiger partial charge in [-0.05, 0) is 44.0 Å². The fraction of sp³-hybridized carbons (Fsp3) is 0.250. The third-order valence-electron chi connectivity index (χ3n) is 4.90. The first-order chi connectivity index (χ1) is 12.1. The molecule has 0 saturated carbocycles. The van der Waals surface area contributed by atoms with Crippen molar-refractivity contribution in [1.82, 2.24) is 4.90 Å². The topological polar surface area (TPSA) is 57.7 Å². The molecule has 5 heteroatoms. The largest absolute Gasteiger partial charge is 0.327 e. The second-order valence-electron chi connectivity index (χ2n) is 6.52. The van der Waals surface area contributed by atoms with Gasteiger partial charge in [-0.25, -0.2) is 4.90 Å². The number of benzene rings is 2. The summed E-state index contributed by atoms with van der Waals surface area (Å²) in [6, 6.07) is 13.4. The first-order valence-electron chi connectivity index (χ1n) is 8.43. The molecule has 3 amide bonds. The molecule has 0 aliphatic carbocycles. The molecule has 2 heterocycles. The molecular formula is C20H18N2O3. The van der Waals surface area contributed by atoms with Crippen LogP contribution in [-0.4, -0.2) is 35.2 Å². The van der Waals surface area contributed by atoms with Gasteiger partial charge >= 0.3 is 0 Å². The highest BCUT2D eigenvalue weighted by molar-refractivity contribution is 6.26. The number of para-hydroxylation sites is 1. The van der Waals surface area contributed by atoms with Crippen LogP contribution in [0.3, 0.4) is 0 Å². The van der Waals surface area contributed by atoms with Crippen molar-refractivity contribution in [2.75, 3.05) is 11.4 Å². The lowest BCUT2D eigenvalue weighted by Crippen LogP contribution is -2.47. The number of aryl methyl sites for hydroxylation is 1. The fourth-order valence-corrected chi connectivity index (χ4v) is 3.57. The lowest BCUT2D eigenvalue weighted by Gasteiger charge is -2.24. The molecule has 2 aliphatic rings. The summed E-state index contributed by atoms with van der Waals surface area (Å²) in [7, 11) is 0. The van der Waals surface area contributed by atoms with E-state index in [1.807, 2.05) is 19.1 Å². The first kappa shape index (κ1) is 15.6. The Hall–Kier alpha value is -2.95. The predicted octanol–water partition coefficient (Wildman–Crippen LogP) is 2.79. The third-order valence-corrected chi connectivity index (χ3v) is 4.90. The number of carbonyl (C=O) groups excluding carboxylic acids is 3. The smallest absolute Gasteiger partial charge is 0.265 e. The van der Waals surface area contributed by atoms with E-state index < -0.39 is 6.04 Å². The lowest BCUT2D eigenvalue weighted by molar-refractivity contribution is -0.121. The Bertz CT molecular complexity index is 873. The molecule has 0 N–H and O–H groups in total. The van der Waals surface area contributed by atoms with E-state index in [2.05, 4.69) is 0 Å². The van der Waals surface area contributed by atoms with Gasteiger partial charge in [0.15, 0.2) is 0 Å². The minimum absolute atomic E-state index is 0.175. The molecule has 1 saturated heterocycles. The van der Waals surface area contributed by atoms with Crippen LogP contribution in [0, 0.1) is 6.92 Å². The van der Waals surface area contributed by atoms with Crippen LogP contribution in [0.2, 0.25) is 0 Å². The van der Waals surface area contributed by atoms with Gasteiger partial charge in [0.1, 0.15) is 6.04 Å². The zero-order chi connectivity index (χ0) is 17.6. The molecule has 0 radical (unpaired) electrons. The Morgan fingerprint density at radius 1 is 1.04 bits per heavy atom. The summed E-state index contributed by atoms with van der Waals surface area (Å²) >= 11 is 0. The molecule has 4 rings (SSSR count). The summed E-state index contributed by atoms with van der Waals surface area (Å²) in [5.41, 5.74) is 2.25. The van der Waals surface area contributed by atoms with Crippen molar-refractivity contribution in [2.45, 2.75) is 25.8 Å². The molecular weight excluding hydrogens is 316 g/mol. The van der Waals surface area contributed by atoms with Gasteiger partial charge in [-0.2, -0.15) is 0 Å². The molecule has 2 aliphatic heterocycles. The highest BCUT2D eigenvalue weighted by atomic mass is 16.2. The van der Waals surface area contributed by atoms with E-state index in [0.717, 1.165) is 12.0 Å². The minimum atomic E-state index is -0.561. The zero-order valence-electron chi connectivity index (χ0n) is 13.9. The molecule has 0 spiro atoms. The Kier molecular flexibility index (Phi) is 3.64. The Labute approximate surface area is 145 Å². The fourth-order valence-electron chi connectivity index (χ4n) is 3.57. The number of hydrogen-bond donors (Lipinski definition) is 0. The molecule has 2 aromatic rings. The van der Waals surface area contributed by atoms with E-state index >= 15 is 0 Å². The molecule has 0 unspecified atom stereocenters. The highest BCUT2D eigenvalue weighted by Gasteiger charge is 2.44. The maximum Gasteiger partial charge on any atom is 0.265 e. The lowest BCUT2D eigenvalue weighted by atomic mass is 10.1. The van der Waals surface area contributed by atoms with Crippen LogP contribution in [-0.2, 0) is 4.79 Å². The van der Waals surface area contributed by atoms with Crippen molar-refractivity contribution in [3.63, 3.8) is 0 Å². The number of carbonyl (C=O) groups is 3. The number of rotatable bonds is 1. The maximum atomic E-state index is 13.1. The minimum Gasteiger partial charge on any atom is -0.327 e. The molecule has 5 nitrogen and oxygen atoms in total. The van der Waals surface area contributed by atoms with Gasteiger partial charge in [0.2, 0.25) is 0 Å². The summed E-state index contributed by atoms with van der Waals surface area (Å²) in [4.78, 5) is 41.9. The third kappa shape index (κ3) is 2.43. The van der Waals surface area contributed by atoms with Crippen LogP contribution < -0.4 is 4.90 Å². The van der Waals surface area contributed by atoms with Crippen molar-refractivity contribution >= 4 is 23.4 Å². The van der Waals surface area contributed by atoms with E-state index in [0.29, 0.717) is 29.8 Å². The number of anilines is 1. The van der Waals surface area contributed by atoms with Crippen LogP contribution in [0.4, 0.5) is 5.69 Å². The second kappa shape index (κ2) is 5.84. The quantitative estimate of drug-likeness (QED) is 0.754. The number of hydrogen-bond acceptors (Lipinski definition) is 3. The van der Waals surface area contributed by atoms with Gasteiger partial charge in [-0.3, -0.25) is 14.4 Å². The van der Waals surface area contributed by atoms with Gasteiger partial charge < -0.3 is 4.90 Å². The summed E-state index contributed by atoms with van der Waals surface area (Å²) < 4.78 is 0. The monoisotopic (exact) mass is 334 g/mol. The summed E-state index contributed by atoms with van der Waals surface area (Å²) in [5, 5.41) is 0. The number of fused-ring (bicyclic) bond motifs is 2. The van der Waals surface area contributed by atoms with E-state index in [1.165, 1.54) is 4.90 Å². The Morgan fingerprint density at radius 2 is 1.76 bits per heavy atom. The van der Waals surface area contributed by atoms with E-state index in [-0.39, 0.29) is 17.7 Å². The predicted molar refractivity (Wildman–Crippen MR) is 93.5 cm³/mol. The Morgan fingerprint density at radius 3 is 2.52 bits per heavy atom. The Balaban J connectivity index is 1.85. The number of amides is 3. The van der Waals surface area contributed by atoms with E-state index in [9.17, 15) is 14.4 Å². The second-order valence-corrected chi connectivity index (χ2v) is 6.52. The molecule has 25 heavy (non-hydrogen) atoms. The van der Waals surface area contributed by atoms with Gasteiger partial charge in [0, 0.05) is 12.1 Å². The van der Waals surface area contributed by atoms with Crippen LogP contribution in [0.25, 0.3) is 0 Å². The maximum absolute atomic E-state index is 13.1. The van der Waals surface area contributed by atoms with Crippen molar-refractivity contribution in [1.29, 1.82) is 0 Å². The molecule has 0 bridgehead atoms. The molecule has 2 aromatic carbocycles. The van der Waals surface area contributed by atoms with E-state index in [1.54, 1.807) is 41.3 Å². The zero-order valence-corrected chi connectivity index (χ0v) is 13.9. The van der Waals surface area contributed by atoms with Crippen LogP contribution >= 0.6 is 0 Å². The van der Waals surface area contributed by atoms with Crippen LogP contribution in [0.15, 0.2) is 48.5 Å². The molecule has 0 aromatic heterocycles. The van der Waals surface area contributed by atoms with Crippen molar-refractivity contribution in [2.24, 2.45) is 0 Å². The summed E-state index contributed by atoms with van der Waals surface area (Å²) in [6.45, 7) is 2.49. The normalized spacial score (nSPS) is 19.5. The molecule has 1 fully saturated rings. The average molecular weight is 334 g/mol. The van der Waals surface area contributed by atoms with Gasteiger partial charge in [0.05, 0.1) is 11.3 Å². The van der Waals surface area contributed by atoms with Crippen molar-refractivity contribution in [3.05, 3.63) is 65.2 Å². The van der Waals surface area contributed by atoms with Gasteiger partial charge in [-0.1, -0.05) is 29.8 Å². The van der Waals surface area contributed by atoms with Crippen molar-refractivity contribution < 1.29 is 14.4 Å². The van der Waals surface area contributed by atoms with Gasteiger partial charge in [0.25, 0.3) is 17.7 Å². The SMILES string of the molecule is Cc1ccc(C(=O)N2C(=O)[C@@H]3CCCN3C(=O)c3ccccc32)cc1. The van der Waals surface area contributed by atoms with E-state index in [4.69, 9.17) is 0 Å². The van der Waals surface area contributed by atoms with Crippen molar-refractivity contribution in [3.8, 4) is 0 Å². The standard InChI is InChI=1S/C20H18N2O3/c1-13-8-10-14(11-9-13)18(23)22-16-6-3-2-5-15(16)19(24)21-12-4-7-17(21)20(22)25/h2-3,5-6,8-11,17H,4,7,12H2,1H3/t17-/m0/s1. The summed E-state index contributed by atoms with van der Waals surface area (Å²) in [5.74, 6) is -0.883. The van der Waals surface area contributed by atoms with Crippen LogP contribution in [0.1, 0.15) is 39.1 Å². The number of nitrogens with zero attached hydrogens (tertiary/aromatic N) is 2. The summed E-state index contributed by atoms with van der Waals surface area (Å²) in [6.07, 6.45) is 1.37. The molecule has 126 valence electrons. The first-order valence-corrected chi connectivity index (χ1v) is 8.43.